The highest BCUT2D eigenvalue weighted by atomic mass is 32.2. The Morgan fingerprint density at radius 2 is 1.12 bits per heavy atom. The van der Waals surface area contributed by atoms with E-state index in [4.69, 9.17) is 40.1 Å². The van der Waals surface area contributed by atoms with Crippen molar-refractivity contribution in [2.75, 3.05) is 19.6 Å². The zero-order chi connectivity index (χ0) is 38.6. The highest BCUT2D eigenvalue weighted by Crippen LogP contribution is 2.25. The molecule has 1 aliphatic heterocycles. The van der Waals surface area contributed by atoms with Crippen molar-refractivity contribution in [3.63, 3.8) is 0 Å². The van der Waals surface area contributed by atoms with Gasteiger partial charge in [0.1, 0.15) is 18.1 Å². The predicted octanol–water partition coefficient (Wildman–Crippen LogP) is -2.88. The van der Waals surface area contributed by atoms with Crippen molar-refractivity contribution in [1.82, 2.24) is 21.3 Å². The molecule has 52 heavy (non-hydrogen) atoms. The lowest BCUT2D eigenvalue weighted by atomic mass is 10.1. The van der Waals surface area contributed by atoms with Gasteiger partial charge in [-0.05, 0) is 73.6 Å². The summed E-state index contributed by atoms with van der Waals surface area (Å²) in [4.78, 5) is 87.2. The Balaban J connectivity index is 2.19. The fraction of sp³-hybridized carbons (Fsp3) is 0.387. The number of imide groups is 1. The van der Waals surface area contributed by atoms with Crippen LogP contribution >= 0.6 is 11.8 Å². The number of hydrogen-bond acceptors (Lipinski definition) is 10. The number of nitrogens with two attached hydrogens (primary N) is 7. The maximum absolute atomic E-state index is 13.6. The minimum Gasteiger partial charge on any atom is -0.370 e. The van der Waals surface area contributed by atoms with E-state index < -0.39 is 52.9 Å². The van der Waals surface area contributed by atoms with E-state index in [1.54, 1.807) is 30.3 Å². The predicted molar refractivity (Wildman–Crippen MR) is 199 cm³/mol. The smallest absolute Gasteiger partial charge is 0.290 e. The normalized spacial score (nSPS) is 14.8. The number of carbonyl (C=O) groups excluding carboxylic acids is 6. The van der Waals surface area contributed by atoms with Crippen LogP contribution in [0.2, 0.25) is 0 Å². The standard InChI is InChI=1S/C31H46N14O6S/c32-24(47)19(4-1-13-39-28(33)34)43-26(49)21(6-3-15-41-30(37)38)44-25(48)20(5-2-14-40-29(35)36)42-23(46)12-11-17-7-9-18(10-8-17)16-22-27(50)45-31(51)52-22/h7-12,16,19-21H,1-6,13-15H2,(H2,32,47)(H,42,46)(H,43,49)(H,44,48)(H4,33,34,39)(H4,35,36,40)(H4,37,38,41)(H,45,50,51)/t19-,20-,21-/m0/s1. The van der Waals surface area contributed by atoms with Gasteiger partial charge >= 0.3 is 0 Å². The van der Waals surface area contributed by atoms with Gasteiger partial charge < -0.3 is 56.1 Å². The van der Waals surface area contributed by atoms with Gasteiger partial charge in [-0.15, -0.1) is 0 Å². The van der Waals surface area contributed by atoms with E-state index in [1.165, 1.54) is 12.2 Å². The van der Waals surface area contributed by atoms with Gasteiger partial charge in [0.2, 0.25) is 23.6 Å². The second-order valence-electron chi connectivity index (χ2n) is 11.3. The van der Waals surface area contributed by atoms with E-state index in [9.17, 15) is 28.8 Å². The molecule has 18 N–H and O–H groups in total. The molecule has 21 heteroatoms. The molecule has 2 rings (SSSR count). The number of benzene rings is 1. The molecule has 1 heterocycles. The third-order valence-electron chi connectivity index (χ3n) is 7.07. The largest absolute Gasteiger partial charge is 0.370 e. The van der Waals surface area contributed by atoms with Crippen LogP contribution < -0.4 is 61.4 Å². The molecule has 20 nitrogen and oxygen atoms in total. The third-order valence-corrected chi connectivity index (χ3v) is 7.88. The molecule has 1 aromatic rings. The second-order valence-corrected chi connectivity index (χ2v) is 12.3. The number of thioether (sulfide) groups is 1. The van der Waals surface area contributed by atoms with Crippen molar-refractivity contribution in [1.29, 1.82) is 0 Å². The summed E-state index contributed by atoms with van der Waals surface area (Å²) < 4.78 is 0. The summed E-state index contributed by atoms with van der Waals surface area (Å²) in [6, 6.07) is 3.40. The van der Waals surface area contributed by atoms with Gasteiger partial charge in [-0.1, -0.05) is 24.3 Å². The van der Waals surface area contributed by atoms with Gasteiger partial charge in [-0.3, -0.25) is 49.1 Å². The second kappa shape index (κ2) is 21.9. The summed E-state index contributed by atoms with van der Waals surface area (Å²) in [7, 11) is 0. The Kier molecular flexibility index (Phi) is 17.7. The molecule has 0 aliphatic carbocycles. The molecule has 282 valence electrons. The fourth-order valence-electron chi connectivity index (χ4n) is 4.55. The van der Waals surface area contributed by atoms with Crippen LogP contribution in [0.1, 0.15) is 49.7 Å². The number of carbonyl (C=O) groups is 6. The number of hydrogen-bond donors (Lipinski definition) is 11. The van der Waals surface area contributed by atoms with Crippen molar-refractivity contribution in [2.24, 2.45) is 55.1 Å². The average Bonchev–Trinajstić information content (AvgIpc) is 3.39. The number of primary amides is 1. The van der Waals surface area contributed by atoms with Crippen molar-refractivity contribution in [3.8, 4) is 0 Å². The number of amides is 6. The van der Waals surface area contributed by atoms with Crippen molar-refractivity contribution < 1.29 is 28.8 Å². The number of rotatable bonds is 21. The minimum atomic E-state index is -1.17. The first-order valence-corrected chi connectivity index (χ1v) is 16.9. The Morgan fingerprint density at radius 3 is 1.56 bits per heavy atom. The molecule has 1 aliphatic rings. The molecule has 0 bridgehead atoms. The van der Waals surface area contributed by atoms with Gasteiger partial charge in [0.15, 0.2) is 17.9 Å². The molecule has 1 aromatic carbocycles. The van der Waals surface area contributed by atoms with Crippen LogP contribution in [0.5, 0.6) is 0 Å². The van der Waals surface area contributed by atoms with Crippen LogP contribution in [0.25, 0.3) is 12.2 Å². The zero-order valence-corrected chi connectivity index (χ0v) is 29.2. The summed E-state index contributed by atoms with van der Waals surface area (Å²) in [5.41, 5.74) is 39.1. The van der Waals surface area contributed by atoms with E-state index in [-0.39, 0.29) is 68.1 Å². The van der Waals surface area contributed by atoms with E-state index >= 15 is 0 Å². The number of aliphatic imine (C=N–C) groups is 3. The highest BCUT2D eigenvalue weighted by molar-refractivity contribution is 8.18. The van der Waals surface area contributed by atoms with Crippen molar-refractivity contribution >= 4 is 76.6 Å². The quantitative estimate of drug-likeness (QED) is 0.0261. The lowest BCUT2D eigenvalue weighted by Gasteiger charge is -2.24. The van der Waals surface area contributed by atoms with E-state index in [2.05, 4.69) is 36.2 Å². The number of nitrogens with zero attached hydrogens (tertiary/aromatic N) is 3. The van der Waals surface area contributed by atoms with Crippen LogP contribution in [0.3, 0.4) is 0 Å². The molecule has 0 aromatic heterocycles. The Hall–Kier alpha value is -6.12. The van der Waals surface area contributed by atoms with Crippen molar-refractivity contribution in [2.45, 2.75) is 56.7 Å². The molecular weight excluding hydrogens is 696 g/mol. The molecule has 0 radical (unpaired) electrons. The Bertz CT molecular complexity index is 1600. The fourth-order valence-corrected chi connectivity index (χ4v) is 5.23. The molecule has 0 spiro atoms. The third kappa shape index (κ3) is 16.5. The lowest BCUT2D eigenvalue weighted by Crippen LogP contribution is -2.56. The number of nitrogens with one attached hydrogen (secondary N) is 4. The lowest BCUT2D eigenvalue weighted by molar-refractivity contribution is -0.133. The number of guanidine groups is 3. The van der Waals surface area contributed by atoms with Crippen LogP contribution in [-0.2, 0) is 24.0 Å². The Morgan fingerprint density at radius 1 is 0.673 bits per heavy atom. The zero-order valence-electron chi connectivity index (χ0n) is 28.4. The maximum atomic E-state index is 13.6. The minimum absolute atomic E-state index is 0.0642. The molecule has 3 atom stereocenters. The molecule has 1 fully saturated rings. The van der Waals surface area contributed by atoms with Crippen LogP contribution in [0.4, 0.5) is 4.79 Å². The first-order chi connectivity index (χ1) is 24.6. The summed E-state index contributed by atoms with van der Waals surface area (Å²) in [5, 5.41) is 9.59. The Labute approximate surface area is 304 Å². The van der Waals surface area contributed by atoms with Gasteiger partial charge in [0.25, 0.3) is 11.1 Å². The summed E-state index contributed by atoms with van der Waals surface area (Å²) in [5.74, 6) is -3.71. The van der Waals surface area contributed by atoms with Gasteiger partial charge in [-0.2, -0.15) is 0 Å². The van der Waals surface area contributed by atoms with E-state index in [0.717, 1.165) is 11.8 Å². The van der Waals surface area contributed by atoms with Crippen LogP contribution in [0.15, 0.2) is 50.2 Å². The maximum Gasteiger partial charge on any atom is 0.290 e. The first-order valence-electron chi connectivity index (χ1n) is 16.0. The molecule has 0 unspecified atom stereocenters. The molecule has 0 saturated carbocycles. The molecule has 1 saturated heterocycles. The van der Waals surface area contributed by atoms with Gasteiger partial charge in [0.05, 0.1) is 4.91 Å². The van der Waals surface area contributed by atoms with Crippen molar-refractivity contribution in [3.05, 3.63) is 46.4 Å². The summed E-state index contributed by atoms with van der Waals surface area (Å²) in [6.07, 6.45) is 5.47. The van der Waals surface area contributed by atoms with E-state index in [0.29, 0.717) is 24.0 Å². The SMILES string of the molecule is NC(=O)[C@H](CCCN=C(N)N)NC(=O)[C@H](CCCN=C(N)N)NC(=O)[C@H](CCCN=C(N)N)NC(=O)C=Cc1ccc(C=C2SC(=O)NC2=O)cc1. The van der Waals surface area contributed by atoms with E-state index in [1.807, 2.05) is 0 Å². The first kappa shape index (κ1) is 42.0. The highest BCUT2D eigenvalue weighted by Gasteiger charge is 2.29. The van der Waals surface area contributed by atoms with Crippen LogP contribution in [0, 0.1) is 0 Å². The summed E-state index contributed by atoms with van der Waals surface area (Å²) >= 11 is 0.798. The van der Waals surface area contributed by atoms with Gasteiger partial charge in [0, 0.05) is 25.7 Å². The van der Waals surface area contributed by atoms with Crippen LogP contribution in [-0.4, -0.2) is 90.4 Å². The topological polar surface area (TPSA) is 370 Å². The van der Waals surface area contributed by atoms with Gasteiger partial charge in [-0.25, -0.2) is 0 Å². The molecular formula is C31H46N14O6S. The summed E-state index contributed by atoms with van der Waals surface area (Å²) in [6.45, 7) is 0.509. The average molecular weight is 743 g/mol. The monoisotopic (exact) mass is 742 g/mol. The molecule has 6 amide bonds.